The van der Waals surface area contributed by atoms with E-state index in [-0.39, 0.29) is 4.90 Å². The molecule has 4 rings (SSSR count). The predicted molar refractivity (Wildman–Crippen MR) is 118 cm³/mol. The lowest BCUT2D eigenvalue weighted by molar-refractivity contribution is -0.114. The average Bonchev–Trinajstić information content (AvgIpc) is 3.26. The molecule has 3 heterocycles. The van der Waals surface area contributed by atoms with Crippen molar-refractivity contribution in [2.45, 2.75) is 18.7 Å². The summed E-state index contributed by atoms with van der Waals surface area (Å²) in [5.41, 5.74) is 3.07. The number of aromatic nitrogens is 4. The summed E-state index contributed by atoms with van der Waals surface area (Å²) in [7, 11) is -2.15. The minimum atomic E-state index is -3.95. The van der Waals surface area contributed by atoms with Crippen molar-refractivity contribution in [3.8, 4) is 5.82 Å². The summed E-state index contributed by atoms with van der Waals surface area (Å²) in [5.74, 6) is -0.0260. The number of fused-ring (bicyclic) bond motifs is 1. The summed E-state index contributed by atoms with van der Waals surface area (Å²) in [6.07, 6.45) is 6.35. The molecular weight excluding hydrogens is 414 g/mol. The molecule has 1 aromatic carbocycles. The Labute approximate surface area is 179 Å². The topological polar surface area (TPSA) is 98.9 Å². The largest absolute Gasteiger partial charge is 0.285 e. The van der Waals surface area contributed by atoms with Crippen LogP contribution in [-0.4, -0.2) is 33.7 Å². The van der Waals surface area contributed by atoms with Gasteiger partial charge in [-0.2, -0.15) is 5.10 Å². The standard InChI is InChI=1S/C22H21N5O3S/c1-15-6-8-18(9-7-15)31(29,30)25-20(28)11-10-19-16(2)24-26(3)22(19)27-14-12-17-5-4-13-23-21(17)27/h4-14H,1-3H3,(H,25,28)/b11-10+. The number of pyridine rings is 1. The highest BCUT2D eigenvalue weighted by Gasteiger charge is 2.18. The lowest BCUT2D eigenvalue weighted by Crippen LogP contribution is -2.28. The maximum atomic E-state index is 12.4. The molecule has 0 aliphatic heterocycles. The highest BCUT2D eigenvalue weighted by Crippen LogP contribution is 2.24. The molecule has 0 unspecified atom stereocenters. The van der Waals surface area contributed by atoms with Crippen molar-refractivity contribution >= 4 is 33.0 Å². The smallest absolute Gasteiger partial charge is 0.264 e. The molecule has 0 saturated heterocycles. The molecule has 0 spiro atoms. The third-order valence-electron chi connectivity index (χ3n) is 4.88. The van der Waals surface area contributed by atoms with Crippen LogP contribution in [0, 0.1) is 13.8 Å². The van der Waals surface area contributed by atoms with Crippen molar-refractivity contribution in [1.82, 2.24) is 24.1 Å². The molecule has 8 nitrogen and oxygen atoms in total. The van der Waals surface area contributed by atoms with Crippen LogP contribution in [0.25, 0.3) is 22.9 Å². The Bertz CT molecular complexity index is 1410. The molecule has 0 radical (unpaired) electrons. The van der Waals surface area contributed by atoms with Gasteiger partial charge in [-0.3, -0.25) is 14.0 Å². The number of sulfonamides is 1. The van der Waals surface area contributed by atoms with E-state index in [1.54, 1.807) is 36.1 Å². The van der Waals surface area contributed by atoms with Gasteiger partial charge in [-0.25, -0.2) is 18.1 Å². The van der Waals surface area contributed by atoms with Crippen LogP contribution in [0.15, 0.2) is 65.8 Å². The van der Waals surface area contributed by atoms with Crippen molar-refractivity contribution in [1.29, 1.82) is 0 Å². The first-order chi connectivity index (χ1) is 14.8. The zero-order valence-electron chi connectivity index (χ0n) is 17.3. The van der Waals surface area contributed by atoms with Crippen molar-refractivity contribution in [2.75, 3.05) is 0 Å². The average molecular weight is 436 g/mol. The van der Waals surface area contributed by atoms with Gasteiger partial charge in [0, 0.05) is 36.5 Å². The van der Waals surface area contributed by atoms with Crippen molar-refractivity contribution in [2.24, 2.45) is 7.05 Å². The van der Waals surface area contributed by atoms with E-state index in [9.17, 15) is 13.2 Å². The molecular formula is C22H21N5O3S. The Kier molecular flexibility index (Phi) is 5.20. The van der Waals surface area contributed by atoms with Gasteiger partial charge >= 0.3 is 0 Å². The van der Waals surface area contributed by atoms with Crippen LogP contribution in [0.5, 0.6) is 0 Å². The van der Waals surface area contributed by atoms with Crippen molar-refractivity contribution in [3.63, 3.8) is 0 Å². The number of amides is 1. The predicted octanol–water partition coefficient (Wildman–Crippen LogP) is 2.89. The second-order valence-corrected chi connectivity index (χ2v) is 8.85. The molecule has 158 valence electrons. The lowest BCUT2D eigenvalue weighted by Gasteiger charge is -2.07. The summed E-state index contributed by atoms with van der Waals surface area (Å²) in [4.78, 5) is 16.8. The number of rotatable bonds is 5. The maximum absolute atomic E-state index is 12.4. The number of hydrogen-bond acceptors (Lipinski definition) is 5. The van der Waals surface area contributed by atoms with E-state index in [4.69, 9.17) is 0 Å². The molecule has 0 aliphatic rings. The number of nitrogens with zero attached hydrogens (tertiary/aromatic N) is 4. The van der Waals surface area contributed by atoms with Crippen LogP contribution in [0.4, 0.5) is 0 Å². The third kappa shape index (κ3) is 3.99. The summed E-state index contributed by atoms with van der Waals surface area (Å²) in [6.45, 7) is 3.68. The molecule has 4 aromatic rings. The quantitative estimate of drug-likeness (QED) is 0.486. The first-order valence-corrected chi connectivity index (χ1v) is 11.0. The van der Waals surface area contributed by atoms with Crippen LogP contribution in [0.2, 0.25) is 0 Å². The fourth-order valence-electron chi connectivity index (χ4n) is 3.38. The number of carbonyl (C=O) groups excluding carboxylic acids is 1. The van der Waals surface area contributed by atoms with Crippen LogP contribution in [0.1, 0.15) is 16.8 Å². The van der Waals surface area contributed by atoms with Gasteiger partial charge in [0.25, 0.3) is 15.9 Å². The Hall–Kier alpha value is -3.72. The summed E-state index contributed by atoms with van der Waals surface area (Å²) >= 11 is 0. The Balaban J connectivity index is 1.64. The zero-order valence-corrected chi connectivity index (χ0v) is 18.1. The second-order valence-electron chi connectivity index (χ2n) is 7.16. The number of carbonyl (C=O) groups is 1. The fraction of sp³-hybridized carbons (Fsp3) is 0.136. The molecule has 1 amide bonds. The van der Waals surface area contributed by atoms with Crippen LogP contribution in [-0.2, 0) is 21.9 Å². The molecule has 31 heavy (non-hydrogen) atoms. The first-order valence-electron chi connectivity index (χ1n) is 9.54. The van der Waals surface area contributed by atoms with E-state index < -0.39 is 15.9 Å². The van der Waals surface area contributed by atoms with E-state index in [2.05, 4.69) is 14.8 Å². The summed E-state index contributed by atoms with van der Waals surface area (Å²) in [5, 5.41) is 5.42. The van der Waals surface area contributed by atoms with E-state index in [1.165, 1.54) is 18.2 Å². The number of nitrogens with one attached hydrogen (secondary N) is 1. The third-order valence-corrected chi connectivity index (χ3v) is 6.24. The zero-order chi connectivity index (χ0) is 22.2. The second kappa shape index (κ2) is 7.84. The summed E-state index contributed by atoms with van der Waals surface area (Å²) in [6, 6.07) is 12.0. The van der Waals surface area contributed by atoms with Gasteiger partial charge < -0.3 is 0 Å². The van der Waals surface area contributed by atoms with Crippen molar-refractivity contribution in [3.05, 3.63) is 77.8 Å². The molecule has 3 aromatic heterocycles. The minimum absolute atomic E-state index is 0.0305. The number of aryl methyl sites for hydroxylation is 3. The Morgan fingerprint density at radius 2 is 1.84 bits per heavy atom. The van der Waals surface area contributed by atoms with Gasteiger partial charge in [-0.1, -0.05) is 17.7 Å². The van der Waals surface area contributed by atoms with Crippen LogP contribution >= 0.6 is 0 Å². The van der Waals surface area contributed by atoms with Gasteiger partial charge in [0.2, 0.25) is 0 Å². The normalized spacial score (nSPS) is 12.0. The summed E-state index contributed by atoms with van der Waals surface area (Å²) < 4.78 is 30.5. The van der Waals surface area contributed by atoms with E-state index in [0.717, 1.165) is 22.4 Å². The van der Waals surface area contributed by atoms with Crippen LogP contribution < -0.4 is 4.72 Å². The highest BCUT2D eigenvalue weighted by atomic mass is 32.2. The van der Waals surface area contributed by atoms with E-state index >= 15 is 0 Å². The van der Waals surface area contributed by atoms with Crippen LogP contribution in [0.3, 0.4) is 0 Å². The van der Waals surface area contributed by atoms with E-state index in [1.807, 2.05) is 42.8 Å². The first kappa shape index (κ1) is 20.5. The van der Waals surface area contributed by atoms with Crippen molar-refractivity contribution < 1.29 is 13.2 Å². The molecule has 0 saturated carbocycles. The minimum Gasteiger partial charge on any atom is -0.285 e. The maximum Gasteiger partial charge on any atom is 0.264 e. The monoisotopic (exact) mass is 435 g/mol. The molecule has 0 atom stereocenters. The van der Waals surface area contributed by atoms with E-state index in [0.29, 0.717) is 11.3 Å². The van der Waals surface area contributed by atoms with Gasteiger partial charge in [0.15, 0.2) is 0 Å². The Morgan fingerprint density at radius 3 is 2.58 bits per heavy atom. The lowest BCUT2D eigenvalue weighted by atomic mass is 10.2. The number of hydrogen-bond donors (Lipinski definition) is 1. The number of benzene rings is 1. The molecule has 0 aliphatic carbocycles. The molecule has 0 bridgehead atoms. The van der Waals surface area contributed by atoms with Gasteiger partial charge in [-0.15, -0.1) is 0 Å². The fourth-order valence-corrected chi connectivity index (χ4v) is 4.33. The molecule has 0 fully saturated rings. The van der Waals surface area contributed by atoms with Gasteiger partial charge in [0.1, 0.15) is 11.5 Å². The molecule has 9 heteroatoms. The molecule has 1 N–H and O–H groups in total. The van der Waals surface area contributed by atoms with Gasteiger partial charge in [0.05, 0.1) is 10.6 Å². The highest BCUT2D eigenvalue weighted by molar-refractivity contribution is 7.90. The Morgan fingerprint density at radius 1 is 1.10 bits per heavy atom. The van der Waals surface area contributed by atoms with Gasteiger partial charge in [-0.05, 0) is 50.3 Å². The SMILES string of the molecule is Cc1ccc(S(=O)(=O)NC(=O)/C=C/c2c(C)nn(C)c2-n2ccc3cccnc32)cc1.